The number of carbonyl (C=O) groups is 1. The van der Waals surface area contributed by atoms with Gasteiger partial charge in [-0.15, -0.1) is 0 Å². The van der Waals surface area contributed by atoms with E-state index < -0.39 is 0 Å². The number of nitrogens with one attached hydrogen (secondary N) is 1. The molecule has 0 aromatic heterocycles. The fourth-order valence-electron chi connectivity index (χ4n) is 1.50. The molecule has 0 radical (unpaired) electrons. The van der Waals surface area contributed by atoms with E-state index in [9.17, 15) is 4.79 Å². The Morgan fingerprint density at radius 1 is 1.30 bits per heavy atom. The number of benzene rings is 1. The lowest BCUT2D eigenvalue weighted by molar-refractivity contribution is -0.117. The van der Waals surface area contributed by atoms with Gasteiger partial charge in [-0.3, -0.25) is 4.79 Å². The van der Waals surface area contributed by atoms with E-state index in [0.717, 1.165) is 0 Å². The van der Waals surface area contributed by atoms with Gasteiger partial charge in [-0.1, -0.05) is 17.7 Å². The van der Waals surface area contributed by atoms with Gasteiger partial charge in [0.1, 0.15) is 6.61 Å². The second kappa shape index (κ2) is 9.58. The van der Waals surface area contributed by atoms with Gasteiger partial charge in [0.2, 0.25) is 5.91 Å². The summed E-state index contributed by atoms with van der Waals surface area (Å²) in [5, 5.41) is 3.22. The number of methoxy groups -OCH3 is 1. The van der Waals surface area contributed by atoms with Crippen LogP contribution in [0.15, 0.2) is 18.2 Å². The zero-order valence-corrected chi connectivity index (χ0v) is 12.5. The number of ether oxygens (including phenoxy) is 3. The van der Waals surface area contributed by atoms with Crippen LogP contribution in [0.1, 0.15) is 13.3 Å². The number of hydrogen-bond acceptors (Lipinski definition) is 4. The summed E-state index contributed by atoms with van der Waals surface area (Å²) in [7, 11) is 1.59. The highest BCUT2D eigenvalue weighted by molar-refractivity contribution is 6.32. The predicted octanol–water partition coefficient (Wildman–Crippen LogP) is 2.73. The Hall–Kier alpha value is -1.30. The van der Waals surface area contributed by atoms with Gasteiger partial charge in [0, 0.05) is 13.7 Å². The van der Waals surface area contributed by atoms with Gasteiger partial charge in [0.25, 0.3) is 0 Å². The van der Waals surface area contributed by atoms with Crippen LogP contribution in [0.25, 0.3) is 0 Å². The Morgan fingerprint density at radius 3 is 2.80 bits per heavy atom. The Labute approximate surface area is 124 Å². The van der Waals surface area contributed by atoms with Crippen LogP contribution in [0.4, 0.5) is 5.69 Å². The molecule has 1 rings (SSSR count). The molecular weight excluding hydrogens is 282 g/mol. The maximum absolute atomic E-state index is 11.8. The summed E-state index contributed by atoms with van der Waals surface area (Å²) in [6, 6.07) is 5.20. The van der Waals surface area contributed by atoms with Crippen molar-refractivity contribution in [3.63, 3.8) is 0 Å². The third-order valence-corrected chi connectivity index (χ3v) is 2.75. The van der Waals surface area contributed by atoms with Gasteiger partial charge in [-0.25, -0.2) is 0 Å². The summed E-state index contributed by atoms with van der Waals surface area (Å²) in [5.41, 5.74) is 0.551. The van der Waals surface area contributed by atoms with Crippen LogP contribution in [-0.4, -0.2) is 39.4 Å². The topological polar surface area (TPSA) is 56.8 Å². The van der Waals surface area contributed by atoms with Crippen LogP contribution in [-0.2, 0) is 14.3 Å². The average Bonchev–Trinajstić information content (AvgIpc) is 2.42. The number of para-hydroxylation sites is 1. The van der Waals surface area contributed by atoms with Crippen molar-refractivity contribution in [2.24, 2.45) is 0 Å². The molecule has 112 valence electrons. The van der Waals surface area contributed by atoms with Crippen LogP contribution < -0.4 is 10.1 Å². The first-order valence-electron chi connectivity index (χ1n) is 6.46. The van der Waals surface area contributed by atoms with Crippen molar-refractivity contribution in [1.29, 1.82) is 0 Å². The fraction of sp³-hybridized carbons (Fsp3) is 0.500. The monoisotopic (exact) mass is 301 g/mol. The maximum Gasteiger partial charge on any atom is 0.226 e. The number of carbonyl (C=O) groups excluding carboxylic acids is 1. The minimum atomic E-state index is -0.141. The number of hydrogen-bond donors (Lipinski definition) is 1. The highest BCUT2D eigenvalue weighted by Crippen LogP contribution is 2.32. The highest BCUT2D eigenvalue weighted by atomic mass is 35.5. The molecule has 0 saturated carbocycles. The predicted molar refractivity (Wildman–Crippen MR) is 78.6 cm³/mol. The van der Waals surface area contributed by atoms with Crippen LogP contribution in [0, 0.1) is 0 Å². The van der Waals surface area contributed by atoms with Crippen LogP contribution in [0.2, 0.25) is 5.02 Å². The van der Waals surface area contributed by atoms with Gasteiger partial charge in [0.05, 0.1) is 30.3 Å². The van der Waals surface area contributed by atoms with Gasteiger partial charge in [-0.05, 0) is 19.1 Å². The summed E-state index contributed by atoms with van der Waals surface area (Å²) >= 11 is 6.08. The van der Waals surface area contributed by atoms with Crippen molar-refractivity contribution < 1.29 is 19.0 Å². The normalized spacial score (nSPS) is 10.3. The average molecular weight is 302 g/mol. The summed E-state index contributed by atoms with van der Waals surface area (Å²) in [6.45, 7) is 3.68. The van der Waals surface area contributed by atoms with Crippen molar-refractivity contribution in [2.75, 3.05) is 38.9 Å². The Morgan fingerprint density at radius 2 is 2.10 bits per heavy atom. The molecule has 0 fully saturated rings. The molecule has 0 saturated heterocycles. The van der Waals surface area contributed by atoms with Crippen LogP contribution in [0.3, 0.4) is 0 Å². The molecule has 6 heteroatoms. The smallest absolute Gasteiger partial charge is 0.226 e. The van der Waals surface area contributed by atoms with E-state index in [-0.39, 0.29) is 12.3 Å². The van der Waals surface area contributed by atoms with Crippen LogP contribution >= 0.6 is 11.6 Å². The molecule has 1 N–H and O–H groups in total. The number of amides is 1. The Bertz CT molecular complexity index is 426. The van der Waals surface area contributed by atoms with Crippen molar-refractivity contribution >= 4 is 23.2 Å². The first-order chi connectivity index (χ1) is 9.69. The van der Waals surface area contributed by atoms with E-state index in [1.807, 2.05) is 6.92 Å². The zero-order chi connectivity index (χ0) is 14.8. The zero-order valence-electron chi connectivity index (χ0n) is 11.8. The van der Waals surface area contributed by atoms with Gasteiger partial charge < -0.3 is 19.5 Å². The number of rotatable bonds is 9. The molecule has 0 heterocycles. The lowest BCUT2D eigenvalue weighted by Crippen LogP contribution is -2.15. The van der Waals surface area contributed by atoms with E-state index in [0.29, 0.717) is 42.9 Å². The molecule has 1 aromatic rings. The van der Waals surface area contributed by atoms with Crippen LogP contribution in [0.5, 0.6) is 5.75 Å². The molecule has 0 spiro atoms. The minimum absolute atomic E-state index is 0.141. The molecular formula is C14H20ClNO4. The lowest BCUT2D eigenvalue weighted by Gasteiger charge is -2.13. The first kappa shape index (κ1) is 16.8. The first-order valence-corrected chi connectivity index (χ1v) is 6.84. The molecule has 1 amide bonds. The molecule has 0 unspecified atom stereocenters. The van der Waals surface area contributed by atoms with Crippen molar-refractivity contribution in [3.05, 3.63) is 23.2 Å². The molecule has 20 heavy (non-hydrogen) atoms. The molecule has 0 aliphatic carbocycles. The second-order valence-corrected chi connectivity index (χ2v) is 4.36. The molecule has 5 nitrogen and oxygen atoms in total. The summed E-state index contributed by atoms with van der Waals surface area (Å²) in [5.74, 6) is 0.313. The third kappa shape index (κ3) is 5.77. The summed E-state index contributed by atoms with van der Waals surface area (Å²) < 4.78 is 15.6. The Balaban J connectivity index is 2.63. The molecule has 0 aliphatic heterocycles. The molecule has 0 atom stereocenters. The quantitative estimate of drug-likeness (QED) is 0.713. The molecule has 0 aliphatic rings. The Kier molecular flexibility index (Phi) is 8.02. The molecule has 1 aromatic carbocycles. The summed E-state index contributed by atoms with van der Waals surface area (Å²) in [4.78, 5) is 11.8. The van der Waals surface area contributed by atoms with E-state index >= 15 is 0 Å². The van der Waals surface area contributed by atoms with Gasteiger partial charge in [0.15, 0.2) is 5.75 Å². The molecule has 0 bridgehead atoms. The third-order valence-electron chi connectivity index (χ3n) is 2.45. The highest BCUT2D eigenvalue weighted by Gasteiger charge is 2.11. The fourth-order valence-corrected chi connectivity index (χ4v) is 1.73. The van der Waals surface area contributed by atoms with Crippen molar-refractivity contribution in [1.82, 2.24) is 0 Å². The number of anilines is 1. The SMILES string of the molecule is CCOCCC(=O)Nc1cccc(Cl)c1OCCOC. The second-order valence-electron chi connectivity index (χ2n) is 3.95. The van der Waals surface area contributed by atoms with E-state index in [2.05, 4.69) is 5.32 Å². The maximum atomic E-state index is 11.8. The lowest BCUT2D eigenvalue weighted by atomic mass is 10.2. The van der Waals surface area contributed by atoms with Crippen molar-refractivity contribution in [2.45, 2.75) is 13.3 Å². The van der Waals surface area contributed by atoms with E-state index in [1.54, 1.807) is 25.3 Å². The van der Waals surface area contributed by atoms with Gasteiger partial charge in [-0.2, -0.15) is 0 Å². The summed E-state index contributed by atoms with van der Waals surface area (Å²) in [6.07, 6.45) is 0.290. The van der Waals surface area contributed by atoms with Crippen molar-refractivity contribution in [3.8, 4) is 5.75 Å². The standard InChI is InChI=1S/C14H20ClNO4/c1-3-19-8-7-13(17)16-12-6-4-5-11(15)14(12)20-10-9-18-2/h4-6H,3,7-10H2,1-2H3,(H,16,17). The van der Waals surface area contributed by atoms with E-state index in [4.69, 9.17) is 25.8 Å². The largest absolute Gasteiger partial charge is 0.487 e. The minimum Gasteiger partial charge on any atom is -0.487 e. The number of halogens is 1. The van der Waals surface area contributed by atoms with Gasteiger partial charge >= 0.3 is 0 Å². The van der Waals surface area contributed by atoms with E-state index in [1.165, 1.54) is 0 Å².